The zero-order chi connectivity index (χ0) is 30.7. The van der Waals surface area contributed by atoms with Crippen LogP contribution < -0.4 is 4.74 Å². The van der Waals surface area contributed by atoms with Crippen molar-refractivity contribution in [1.29, 1.82) is 0 Å². The first-order chi connectivity index (χ1) is 19.7. The summed E-state index contributed by atoms with van der Waals surface area (Å²) in [6, 6.07) is 3.09. The van der Waals surface area contributed by atoms with Gasteiger partial charge < -0.3 is 39.2 Å². The topological polar surface area (TPSA) is 186 Å². The van der Waals surface area contributed by atoms with E-state index in [2.05, 4.69) is 4.90 Å². The summed E-state index contributed by atoms with van der Waals surface area (Å²) in [6.07, 6.45) is -2.59. The Balaban J connectivity index is 1.43. The number of carbonyl (C=O) groups excluding carboxylic acids is 4. The van der Waals surface area contributed by atoms with Gasteiger partial charge in [0, 0.05) is 24.9 Å². The first-order valence-corrected chi connectivity index (χ1v) is 13.7. The molecule has 0 saturated carbocycles. The van der Waals surface area contributed by atoms with E-state index in [1.807, 2.05) is 13.1 Å². The molecule has 1 fully saturated rings. The molecule has 0 unspecified atom stereocenters. The fourth-order valence-corrected chi connectivity index (χ4v) is 6.94. The van der Waals surface area contributed by atoms with Crippen molar-refractivity contribution in [1.82, 2.24) is 4.90 Å². The lowest BCUT2D eigenvalue weighted by atomic mass is 9.50. The van der Waals surface area contributed by atoms with Crippen molar-refractivity contribution in [3.8, 4) is 11.5 Å². The van der Waals surface area contributed by atoms with E-state index in [9.17, 15) is 34.2 Å². The van der Waals surface area contributed by atoms with Crippen LogP contribution in [0.1, 0.15) is 51.2 Å². The molecular weight excluding hydrogens is 554 g/mol. The Hall–Kier alpha value is -3.97. The number of ketones is 1. The van der Waals surface area contributed by atoms with Crippen LogP contribution in [0.2, 0.25) is 0 Å². The average molecular weight is 588 g/mol. The number of hydrogen-bond donors (Lipinski definition) is 3. The summed E-state index contributed by atoms with van der Waals surface area (Å²) < 4.78 is 22.1. The lowest BCUT2D eigenvalue weighted by Crippen LogP contribution is -2.74. The maximum atomic E-state index is 13.4. The third-order valence-electron chi connectivity index (χ3n) is 8.99. The predicted octanol–water partition coefficient (Wildman–Crippen LogP) is 0.756. The number of rotatable bonds is 9. The predicted molar refractivity (Wildman–Crippen MR) is 140 cm³/mol. The van der Waals surface area contributed by atoms with Gasteiger partial charge in [0.1, 0.15) is 11.7 Å². The summed E-state index contributed by atoms with van der Waals surface area (Å²) >= 11 is 0. The Morgan fingerprint density at radius 1 is 1.14 bits per heavy atom. The smallest absolute Gasteiger partial charge is 0.349 e. The SMILES string of the molecule is CC(=O)O[C@@H](C(=O)O[C@@H](CC(=O)O)C(C)=O)[C@@H](C)C(=O)OC1=CC[C@@]2(O)[C@H]3Cc4ccc(O)c5c4[C@@]2(CCN3C)[C@H]1O5. The standard InChI is InChI=1S/C29H33NO12/c1-13(23(39-15(3)32)27(37)41-19(14(2)31)12-21(34)35)26(36)40-18-7-8-29(38)20-11-16-5-6-17(33)24-22(16)28(29,25(18)42-24)9-10-30(20)4/h5-7,13,19-20,23,25,33,38H,8-12H2,1-4H3,(H,34,35)/t13-,19+,20-,23-,25+,28+,29-/m1/s1. The fourth-order valence-electron chi connectivity index (χ4n) is 6.94. The van der Waals surface area contributed by atoms with Crippen LogP contribution >= 0.6 is 0 Å². The number of aliphatic hydroxyl groups is 1. The largest absolute Gasteiger partial charge is 0.504 e. The van der Waals surface area contributed by atoms with Crippen molar-refractivity contribution < 1.29 is 58.2 Å². The summed E-state index contributed by atoms with van der Waals surface area (Å²) in [6.45, 7) is 3.93. The van der Waals surface area contributed by atoms with Crippen LogP contribution in [0.4, 0.5) is 0 Å². The van der Waals surface area contributed by atoms with E-state index in [0.717, 1.165) is 19.4 Å². The molecule has 7 atom stereocenters. The maximum absolute atomic E-state index is 13.4. The van der Waals surface area contributed by atoms with E-state index < -0.39 is 71.3 Å². The Morgan fingerprint density at radius 2 is 1.86 bits per heavy atom. The molecule has 2 bridgehead atoms. The van der Waals surface area contributed by atoms with E-state index in [1.54, 1.807) is 6.08 Å². The zero-order valence-corrected chi connectivity index (χ0v) is 23.6. The molecule has 226 valence electrons. The highest BCUT2D eigenvalue weighted by Gasteiger charge is 2.72. The number of hydrogen-bond acceptors (Lipinski definition) is 12. The molecule has 1 aromatic rings. The third kappa shape index (κ3) is 4.42. The number of phenols is 1. The number of aliphatic carboxylic acids is 1. The number of nitrogens with zero attached hydrogens (tertiary/aromatic N) is 1. The van der Waals surface area contributed by atoms with E-state index in [0.29, 0.717) is 24.9 Å². The third-order valence-corrected chi connectivity index (χ3v) is 8.99. The number of phenolic OH excluding ortho intramolecular Hbond substituents is 1. The van der Waals surface area contributed by atoms with Gasteiger partial charge in [0.2, 0.25) is 6.10 Å². The van der Waals surface area contributed by atoms with Crippen LogP contribution in [-0.4, -0.2) is 93.4 Å². The number of ether oxygens (including phenoxy) is 4. The number of carbonyl (C=O) groups is 5. The van der Waals surface area contributed by atoms with Crippen LogP contribution in [0, 0.1) is 5.92 Å². The summed E-state index contributed by atoms with van der Waals surface area (Å²) in [5.41, 5.74) is -0.677. The Bertz CT molecular complexity index is 1400. The molecular formula is C29H33NO12. The molecule has 2 aliphatic carbocycles. The highest BCUT2D eigenvalue weighted by atomic mass is 16.6. The quantitative estimate of drug-likeness (QED) is 0.272. The molecule has 2 aliphatic heterocycles. The number of aromatic hydroxyl groups is 1. The number of likely N-dealkylation sites (tertiary alicyclic amines) is 1. The molecule has 2 heterocycles. The molecule has 13 nitrogen and oxygen atoms in total. The molecule has 42 heavy (non-hydrogen) atoms. The van der Waals surface area contributed by atoms with Crippen LogP contribution in [0.3, 0.4) is 0 Å². The summed E-state index contributed by atoms with van der Waals surface area (Å²) in [4.78, 5) is 63.2. The first-order valence-electron chi connectivity index (χ1n) is 13.7. The van der Waals surface area contributed by atoms with Crippen molar-refractivity contribution in [3.63, 3.8) is 0 Å². The van der Waals surface area contributed by atoms with Crippen LogP contribution in [0.15, 0.2) is 24.0 Å². The molecule has 1 spiro atoms. The summed E-state index contributed by atoms with van der Waals surface area (Å²) in [5, 5.41) is 31.9. The number of carboxylic acid groups (broad SMARTS) is 1. The van der Waals surface area contributed by atoms with Crippen LogP contribution in [0.5, 0.6) is 11.5 Å². The molecule has 5 rings (SSSR count). The van der Waals surface area contributed by atoms with Gasteiger partial charge in [-0.25, -0.2) is 4.79 Å². The number of piperidine rings is 1. The molecule has 3 N–H and O–H groups in total. The molecule has 1 saturated heterocycles. The van der Waals surface area contributed by atoms with Crippen LogP contribution in [0.25, 0.3) is 0 Å². The van der Waals surface area contributed by atoms with Crippen molar-refractivity contribution >= 4 is 29.7 Å². The second kappa shape index (κ2) is 10.4. The summed E-state index contributed by atoms with van der Waals surface area (Å²) in [5.74, 6) is -6.58. The number of benzene rings is 1. The minimum absolute atomic E-state index is 0.0747. The van der Waals surface area contributed by atoms with E-state index in [-0.39, 0.29) is 29.7 Å². The number of carboxylic acids is 1. The molecule has 0 aromatic heterocycles. The second-order valence-electron chi connectivity index (χ2n) is 11.5. The monoisotopic (exact) mass is 587 g/mol. The molecule has 13 heteroatoms. The number of esters is 3. The average Bonchev–Trinajstić information content (AvgIpc) is 3.27. The van der Waals surface area contributed by atoms with Gasteiger partial charge in [-0.2, -0.15) is 0 Å². The van der Waals surface area contributed by atoms with Gasteiger partial charge in [0.25, 0.3) is 0 Å². The maximum Gasteiger partial charge on any atom is 0.349 e. The lowest BCUT2D eigenvalue weighted by Gasteiger charge is -2.61. The van der Waals surface area contributed by atoms with Crippen molar-refractivity contribution in [2.24, 2.45) is 5.92 Å². The zero-order valence-electron chi connectivity index (χ0n) is 23.6. The molecule has 4 aliphatic rings. The molecule has 0 amide bonds. The minimum Gasteiger partial charge on any atom is -0.504 e. The minimum atomic E-state index is -1.84. The Morgan fingerprint density at radius 3 is 2.50 bits per heavy atom. The van der Waals surface area contributed by atoms with Crippen molar-refractivity contribution in [3.05, 3.63) is 35.1 Å². The normalized spacial score (nSPS) is 29.1. The van der Waals surface area contributed by atoms with Gasteiger partial charge in [-0.1, -0.05) is 6.07 Å². The Labute approximate surface area is 241 Å². The second-order valence-corrected chi connectivity index (χ2v) is 11.5. The van der Waals surface area contributed by atoms with Gasteiger partial charge >= 0.3 is 23.9 Å². The highest BCUT2D eigenvalue weighted by Crippen LogP contribution is 2.65. The van der Waals surface area contributed by atoms with Gasteiger partial charge in [-0.3, -0.25) is 19.2 Å². The van der Waals surface area contributed by atoms with Gasteiger partial charge in [0.15, 0.2) is 29.5 Å². The van der Waals surface area contributed by atoms with E-state index in [4.69, 9.17) is 24.1 Å². The molecule has 1 aromatic carbocycles. The van der Waals surface area contributed by atoms with Gasteiger partial charge in [0.05, 0.1) is 17.4 Å². The van der Waals surface area contributed by atoms with E-state index >= 15 is 0 Å². The van der Waals surface area contributed by atoms with Gasteiger partial charge in [-0.15, -0.1) is 0 Å². The Kier molecular flexibility index (Phi) is 7.30. The van der Waals surface area contributed by atoms with Crippen molar-refractivity contribution in [2.45, 2.75) is 81.8 Å². The lowest BCUT2D eigenvalue weighted by molar-refractivity contribution is -0.182. The number of likely N-dealkylation sites (N-methyl/N-ethyl adjacent to an activating group) is 1. The molecule has 0 radical (unpaired) electrons. The first kappa shape index (κ1) is 29.5. The van der Waals surface area contributed by atoms with Crippen molar-refractivity contribution in [2.75, 3.05) is 13.6 Å². The van der Waals surface area contributed by atoms with Crippen LogP contribution in [-0.2, 0) is 50.0 Å². The van der Waals surface area contributed by atoms with E-state index in [1.165, 1.54) is 13.0 Å². The number of Topliss-reactive ketones (excluding diaryl/α,β-unsaturated/α-hetero) is 1. The fraction of sp³-hybridized carbons (Fsp3) is 0.552. The summed E-state index contributed by atoms with van der Waals surface area (Å²) in [7, 11) is 1.94. The highest BCUT2D eigenvalue weighted by molar-refractivity contribution is 5.90. The van der Waals surface area contributed by atoms with Gasteiger partial charge in [-0.05, 0) is 58.0 Å².